The van der Waals surface area contributed by atoms with Gasteiger partial charge in [0.25, 0.3) is 0 Å². The number of benzene rings is 3. The molecule has 1 heterocycles. The molecule has 2 heteroatoms. The molecular weight excluding hydrogens is 280 g/mol. The fraction of sp³-hybridized carbons (Fsp3) is 0.0476. The van der Waals surface area contributed by atoms with Crippen LogP contribution < -0.4 is 5.32 Å². The van der Waals surface area contributed by atoms with E-state index in [9.17, 15) is 0 Å². The molecule has 0 radical (unpaired) electrons. The first-order valence-corrected chi connectivity index (χ1v) is 7.81. The SMILES string of the molecule is Cc1ccc(Nc2c(-c3ccccc3)[nH]c3ccccc23)cc1. The third-order valence-electron chi connectivity index (χ3n) is 4.09. The number of anilines is 2. The van der Waals surface area contributed by atoms with Crippen LogP contribution in [0.25, 0.3) is 22.2 Å². The van der Waals surface area contributed by atoms with E-state index in [1.165, 1.54) is 16.5 Å². The zero-order chi connectivity index (χ0) is 15.6. The lowest BCUT2D eigenvalue weighted by atomic mass is 10.1. The van der Waals surface area contributed by atoms with Crippen LogP contribution in [0.15, 0.2) is 78.9 Å². The first-order valence-electron chi connectivity index (χ1n) is 7.81. The molecule has 0 spiro atoms. The molecule has 0 aliphatic rings. The molecule has 0 amide bonds. The standard InChI is InChI=1S/C21H18N2/c1-15-11-13-17(14-12-15)22-21-18-9-5-6-10-19(18)23-20(21)16-7-3-2-4-8-16/h2-14,22-23H,1H3. The number of H-pyrrole nitrogens is 1. The molecule has 0 saturated heterocycles. The van der Waals surface area contributed by atoms with E-state index in [2.05, 4.69) is 90.0 Å². The molecule has 0 aliphatic carbocycles. The van der Waals surface area contributed by atoms with Gasteiger partial charge in [0.2, 0.25) is 0 Å². The summed E-state index contributed by atoms with van der Waals surface area (Å²) in [4.78, 5) is 3.55. The monoisotopic (exact) mass is 298 g/mol. The summed E-state index contributed by atoms with van der Waals surface area (Å²) in [7, 11) is 0. The van der Waals surface area contributed by atoms with Crippen LogP contribution in [-0.2, 0) is 0 Å². The van der Waals surface area contributed by atoms with E-state index < -0.39 is 0 Å². The van der Waals surface area contributed by atoms with Crippen molar-refractivity contribution in [2.45, 2.75) is 6.92 Å². The summed E-state index contributed by atoms with van der Waals surface area (Å²) in [6.45, 7) is 2.10. The zero-order valence-electron chi connectivity index (χ0n) is 13.0. The Hall–Kier alpha value is -3.00. The lowest BCUT2D eigenvalue weighted by Crippen LogP contribution is -1.92. The highest BCUT2D eigenvalue weighted by Crippen LogP contribution is 2.36. The molecule has 0 atom stereocenters. The molecule has 0 bridgehead atoms. The molecule has 1 aromatic heterocycles. The van der Waals surface area contributed by atoms with Gasteiger partial charge in [0.1, 0.15) is 0 Å². The Morgan fingerprint density at radius 1 is 0.739 bits per heavy atom. The van der Waals surface area contributed by atoms with Gasteiger partial charge in [0, 0.05) is 22.2 Å². The minimum atomic E-state index is 1.09. The molecule has 2 N–H and O–H groups in total. The minimum Gasteiger partial charge on any atom is -0.353 e. The highest BCUT2D eigenvalue weighted by Gasteiger charge is 2.12. The summed E-state index contributed by atoms with van der Waals surface area (Å²) in [5.41, 5.74) is 6.91. The van der Waals surface area contributed by atoms with Gasteiger partial charge in [-0.2, -0.15) is 0 Å². The first-order chi connectivity index (χ1) is 11.3. The van der Waals surface area contributed by atoms with Crippen molar-refractivity contribution in [2.24, 2.45) is 0 Å². The lowest BCUT2D eigenvalue weighted by molar-refractivity contribution is 1.43. The molecule has 112 valence electrons. The van der Waals surface area contributed by atoms with Gasteiger partial charge in [-0.3, -0.25) is 0 Å². The Kier molecular flexibility index (Phi) is 3.35. The highest BCUT2D eigenvalue weighted by atomic mass is 14.9. The Morgan fingerprint density at radius 3 is 2.22 bits per heavy atom. The number of aryl methyl sites for hydroxylation is 1. The number of hydrogen-bond donors (Lipinski definition) is 2. The van der Waals surface area contributed by atoms with E-state index in [0.29, 0.717) is 0 Å². The van der Waals surface area contributed by atoms with Gasteiger partial charge in [-0.1, -0.05) is 66.2 Å². The van der Waals surface area contributed by atoms with Gasteiger partial charge < -0.3 is 10.3 Å². The number of hydrogen-bond acceptors (Lipinski definition) is 1. The molecule has 0 saturated carbocycles. The first kappa shape index (κ1) is 13.6. The van der Waals surface area contributed by atoms with E-state index in [-0.39, 0.29) is 0 Å². The third-order valence-corrected chi connectivity index (χ3v) is 4.09. The highest BCUT2D eigenvalue weighted by molar-refractivity contribution is 6.02. The van der Waals surface area contributed by atoms with Crippen LogP contribution in [-0.4, -0.2) is 4.98 Å². The lowest BCUT2D eigenvalue weighted by Gasteiger charge is -2.09. The second-order valence-electron chi connectivity index (χ2n) is 5.78. The summed E-state index contributed by atoms with van der Waals surface area (Å²) in [6.07, 6.45) is 0. The van der Waals surface area contributed by atoms with Gasteiger partial charge in [0.05, 0.1) is 11.4 Å². The summed E-state index contributed by atoms with van der Waals surface area (Å²) in [6, 6.07) is 27.3. The van der Waals surface area contributed by atoms with Crippen molar-refractivity contribution in [1.82, 2.24) is 4.98 Å². The molecular formula is C21H18N2. The molecule has 3 aromatic carbocycles. The Bertz CT molecular complexity index is 935. The van der Waals surface area contributed by atoms with E-state index in [1.54, 1.807) is 0 Å². The van der Waals surface area contributed by atoms with E-state index in [0.717, 1.165) is 22.6 Å². The number of para-hydroxylation sites is 1. The van der Waals surface area contributed by atoms with E-state index >= 15 is 0 Å². The van der Waals surface area contributed by atoms with Crippen molar-refractivity contribution in [2.75, 3.05) is 5.32 Å². The Morgan fingerprint density at radius 2 is 1.43 bits per heavy atom. The van der Waals surface area contributed by atoms with Crippen molar-refractivity contribution in [3.05, 3.63) is 84.4 Å². The largest absolute Gasteiger partial charge is 0.353 e. The second kappa shape index (κ2) is 5.65. The number of nitrogens with one attached hydrogen (secondary N) is 2. The van der Waals surface area contributed by atoms with Crippen molar-refractivity contribution in [3.8, 4) is 11.3 Å². The van der Waals surface area contributed by atoms with Gasteiger partial charge in [-0.15, -0.1) is 0 Å². The van der Waals surface area contributed by atoms with Crippen molar-refractivity contribution in [3.63, 3.8) is 0 Å². The summed E-state index contributed by atoms with van der Waals surface area (Å²) < 4.78 is 0. The number of fused-ring (bicyclic) bond motifs is 1. The summed E-state index contributed by atoms with van der Waals surface area (Å²) >= 11 is 0. The topological polar surface area (TPSA) is 27.8 Å². The maximum atomic E-state index is 3.59. The van der Waals surface area contributed by atoms with Crippen molar-refractivity contribution in [1.29, 1.82) is 0 Å². The zero-order valence-corrected chi connectivity index (χ0v) is 13.0. The maximum Gasteiger partial charge on any atom is 0.0724 e. The van der Waals surface area contributed by atoms with Gasteiger partial charge in [-0.05, 0) is 25.1 Å². The smallest absolute Gasteiger partial charge is 0.0724 e. The minimum absolute atomic E-state index is 1.09. The van der Waals surface area contributed by atoms with Crippen LogP contribution >= 0.6 is 0 Å². The van der Waals surface area contributed by atoms with Crippen molar-refractivity contribution < 1.29 is 0 Å². The Labute approximate surface area is 135 Å². The van der Waals surface area contributed by atoms with Gasteiger partial charge in [0.15, 0.2) is 0 Å². The summed E-state index contributed by atoms with van der Waals surface area (Å²) in [5, 5.41) is 4.79. The molecule has 4 rings (SSSR count). The predicted octanol–water partition coefficient (Wildman–Crippen LogP) is 5.89. The van der Waals surface area contributed by atoms with Crippen LogP contribution in [0.2, 0.25) is 0 Å². The van der Waals surface area contributed by atoms with Crippen LogP contribution in [0.5, 0.6) is 0 Å². The quantitative estimate of drug-likeness (QED) is 0.485. The second-order valence-corrected chi connectivity index (χ2v) is 5.78. The predicted molar refractivity (Wildman–Crippen MR) is 98.2 cm³/mol. The Balaban J connectivity index is 1.87. The van der Waals surface area contributed by atoms with Gasteiger partial charge in [-0.25, -0.2) is 0 Å². The molecule has 0 fully saturated rings. The average Bonchev–Trinajstić information content (AvgIpc) is 2.96. The number of aromatic nitrogens is 1. The van der Waals surface area contributed by atoms with Crippen LogP contribution in [0.4, 0.5) is 11.4 Å². The fourth-order valence-electron chi connectivity index (χ4n) is 2.87. The van der Waals surface area contributed by atoms with Crippen LogP contribution in [0.1, 0.15) is 5.56 Å². The van der Waals surface area contributed by atoms with E-state index in [4.69, 9.17) is 0 Å². The van der Waals surface area contributed by atoms with Gasteiger partial charge >= 0.3 is 0 Å². The molecule has 2 nitrogen and oxygen atoms in total. The molecule has 4 aromatic rings. The molecule has 0 unspecified atom stereocenters. The molecule has 0 aliphatic heterocycles. The average molecular weight is 298 g/mol. The number of rotatable bonds is 3. The molecule has 23 heavy (non-hydrogen) atoms. The maximum absolute atomic E-state index is 3.59. The van der Waals surface area contributed by atoms with Crippen molar-refractivity contribution >= 4 is 22.3 Å². The summed E-state index contributed by atoms with van der Waals surface area (Å²) in [5.74, 6) is 0. The van der Waals surface area contributed by atoms with E-state index in [1.807, 2.05) is 6.07 Å². The third kappa shape index (κ3) is 2.59. The normalized spacial score (nSPS) is 10.8. The van der Waals surface area contributed by atoms with Crippen LogP contribution in [0, 0.1) is 6.92 Å². The number of aromatic amines is 1. The fourth-order valence-corrected chi connectivity index (χ4v) is 2.87. The van der Waals surface area contributed by atoms with Crippen LogP contribution in [0.3, 0.4) is 0 Å².